The Hall–Kier alpha value is -1.88. The molecule has 0 fully saturated rings. The van der Waals surface area contributed by atoms with Crippen molar-refractivity contribution in [1.82, 2.24) is 10.6 Å². The molecule has 5 nitrogen and oxygen atoms in total. The minimum Gasteiger partial charge on any atom is -0.352 e. The summed E-state index contributed by atoms with van der Waals surface area (Å²) >= 11 is 0. The van der Waals surface area contributed by atoms with E-state index in [4.69, 9.17) is 5.73 Å². The van der Waals surface area contributed by atoms with Crippen molar-refractivity contribution in [3.8, 4) is 0 Å². The number of amides is 2. The molecule has 19 heavy (non-hydrogen) atoms. The molecule has 0 aromatic heterocycles. The average molecular weight is 263 g/mol. The van der Waals surface area contributed by atoms with E-state index in [0.717, 1.165) is 5.56 Å². The largest absolute Gasteiger partial charge is 0.352 e. The minimum atomic E-state index is -0.566. The topological polar surface area (TPSA) is 84.2 Å². The Morgan fingerprint density at radius 1 is 1.11 bits per heavy atom. The zero-order valence-electron chi connectivity index (χ0n) is 11.6. The second-order valence-corrected chi connectivity index (χ2v) is 4.76. The van der Waals surface area contributed by atoms with E-state index in [-0.39, 0.29) is 17.9 Å². The van der Waals surface area contributed by atoms with E-state index in [2.05, 4.69) is 10.6 Å². The summed E-state index contributed by atoms with van der Waals surface area (Å²) in [5.74, 6) is -0.461. The third-order valence-corrected chi connectivity index (χ3v) is 2.62. The Kier molecular flexibility index (Phi) is 5.51. The van der Waals surface area contributed by atoms with E-state index in [1.807, 2.05) is 13.8 Å². The fraction of sp³-hybridized carbons (Fsp3) is 0.429. The van der Waals surface area contributed by atoms with Crippen LogP contribution in [0.1, 0.15) is 36.7 Å². The van der Waals surface area contributed by atoms with Gasteiger partial charge in [0.2, 0.25) is 5.91 Å². The van der Waals surface area contributed by atoms with E-state index < -0.39 is 6.04 Å². The molecule has 0 heterocycles. The molecule has 1 atom stereocenters. The molecule has 0 bridgehead atoms. The summed E-state index contributed by atoms with van der Waals surface area (Å²) in [7, 11) is 0. The normalized spacial score (nSPS) is 12.1. The zero-order chi connectivity index (χ0) is 14.4. The van der Waals surface area contributed by atoms with Crippen LogP contribution in [-0.4, -0.2) is 23.9 Å². The Bertz CT molecular complexity index is 441. The summed E-state index contributed by atoms with van der Waals surface area (Å²) in [6, 6.07) is 6.48. The molecule has 1 aromatic rings. The van der Waals surface area contributed by atoms with Crippen LogP contribution in [0.3, 0.4) is 0 Å². The first-order valence-electron chi connectivity index (χ1n) is 6.34. The Labute approximate surface area is 113 Å². The summed E-state index contributed by atoms with van der Waals surface area (Å²) < 4.78 is 0. The van der Waals surface area contributed by atoms with Crippen LogP contribution in [0.4, 0.5) is 0 Å². The van der Waals surface area contributed by atoms with E-state index in [1.54, 1.807) is 31.2 Å². The molecule has 0 radical (unpaired) electrons. The maximum Gasteiger partial charge on any atom is 0.251 e. The lowest BCUT2D eigenvalue weighted by Crippen LogP contribution is -2.46. The van der Waals surface area contributed by atoms with Gasteiger partial charge >= 0.3 is 0 Å². The standard InChI is InChI=1S/C14H21N3O2/c1-9(2)16-13(18)10(3)17-14(19)12-6-4-11(8-15)5-7-12/h4-7,9-10H,8,15H2,1-3H3,(H,16,18)(H,17,19). The fourth-order valence-electron chi connectivity index (χ4n) is 1.55. The first-order valence-corrected chi connectivity index (χ1v) is 6.34. The average Bonchev–Trinajstić information content (AvgIpc) is 2.37. The molecule has 0 aliphatic rings. The van der Waals surface area contributed by atoms with Gasteiger partial charge in [0.15, 0.2) is 0 Å². The number of nitrogens with two attached hydrogens (primary N) is 1. The van der Waals surface area contributed by atoms with E-state index in [0.29, 0.717) is 12.1 Å². The quantitative estimate of drug-likeness (QED) is 0.734. The predicted molar refractivity (Wildman–Crippen MR) is 74.5 cm³/mol. The van der Waals surface area contributed by atoms with Gasteiger partial charge in [0.1, 0.15) is 6.04 Å². The van der Waals surface area contributed by atoms with Gasteiger partial charge in [-0.3, -0.25) is 9.59 Å². The number of benzene rings is 1. The van der Waals surface area contributed by atoms with E-state index in [1.165, 1.54) is 0 Å². The van der Waals surface area contributed by atoms with Gasteiger partial charge in [-0.15, -0.1) is 0 Å². The second-order valence-electron chi connectivity index (χ2n) is 4.76. The van der Waals surface area contributed by atoms with Crippen molar-refractivity contribution in [3.63, 3.8) is 0 Å². The van der Waals surface area contributed by atoms with Crippen molar-refractivity contribution < 1.29 is 9.59 Å². The Balaban J connectivity index is 2.60. The highest BCUT2D eigenvalue weighted by Gasteiger charge is 2.16. The highest BCUT2D eigenvalue weighted by Crippen LogP contribution is 2.04. The number of nitrogens with one attached hydrogen (secondary N) is 2. The van der Waals surface area contributed by atoms with Crippen molar-refractivity contribution >= 4 is 11.8 Å². The van der Waals surface area contributed by atoms with Crippen molar-refractivity contribution in [2.24, 2.45) is 5.73 Å². The smallest absolute Gasteiger partial charge is 0.251 e. The number of rotatable bonds is 5. The van der Waals surface area contributed by atoms with Crippen LogP contribution in [0.5, 0.6) is 0 Å². The SMILES string of the molecule is CC(C)NC(=O)C(C)NC(=O)c1ccc(CN)cc1. The van der Waals surface area contributed by atoms with Crippen LogP contribution in [0.15, 0.2) is 24.3 Å². The lowest BCUT2D eigenvalue weighted by molar-refractivity contribution is -0.123. The highest BCUT2D eigenvalue weighted by atomic mass is 16.2. The number of carbonyl (C=O) groups excluding carboxylic acids is 2. The maximum atomic E-state index is 11.9. The third-order valence-electron chi connectivity index (χ3n) is 2.62. The maximum absolute atomic E-state index is 11.9. The van der Waals surface area contributed by atoms with Crippen molar-refractivity contribution in [2.75, 3.05) is 0 Å². The van der Waals surface area contributed by atoms with Gasteiger partial charge in [-0.05, 0) is 38.5 Å². The van der Waals surface area contributed by atoms with Crippen LogP contribution in [0.2, 0.25) is 0 Å². The molecular formula is C14H21N3O2. The molecule has 1 aromatic carbocycles. The van der Waals surface area contributed by atoms with Crippen molar-refractivity contribution in [2.45, 2.75) is 39.4 Å². The molecule has 1 rings (SSSR count). The molecule has 0 aliphatic heterocycles. The second kappa shape index (κ2) is 6.89. The molecule has 5 heteroatoms. The number of hydrogen-bond donors (Lipinski definition) is 3. The molecule has 1 unspecified atom stereocenters. The summed E-state index contributed by atoms with van der Waals surface area (Å²) in [5, 5.41) is 5.40. The van der Waals surface area contributed by atoms with Gasteiger partial charge < -0.3 is 16.4 Å². The molecule has 0 aliphatic carbocycles. The van der Waals surface area contributed by atoms with Crippen LogP contribution in [0.25, 0.3) is 0 Å². The predicted octanol–water partition coefficient (Wildman–Crippen LogP) is 0.788. The van der Waals surface area contributed by atoms with Gasteiger partial charge in [-0.2, -0.15) is 0 Å². The van der Waals surface area contributed by atoms with Gasteiger partial charge in [0, 0.05) is 18.2 Å². The summed E-state index contributed by atoms with van der Waals surface area (Å²) in [6.07, 6.45) is 0. The lowest BCUT2D eigenvalue weighted by atomic mass is 10.1. The van der Waals surface area contributed by atoms with E-state index in [9.17, 15) is 9.59 Å². The first kappa shape index (κ1) is 15.2. The molecule has 104 valence electrons. The fourth-order valence-corrected chi connectivity index (χ4v) is 1.55. The Morgan fingerprint density at radius 3 is 2.16 bits per heavy atom. The molecule has 2 amide bonds. The van der Waals surface area contributed by atoms with Gasteiger partial charge in [-0.25, -0.2) is 0 Å². The summed E-state index contributed by atoms with van der Waals surface area (Å²) in [5.41, 5.74) is 6.96. The molecule has 0 saturated heterocycles. The van der Waals surface area contributed by atoms with E-state index >= 15 is 0 Å². The van der Waals surface area contributed by atoms with Crippen LogP contribution in [-0.2, 0) is 11.3 Å². The van der Waals surface area contributed by atoms with Crippen molar-refractivity contribution in [3.05, 3.63) is 35.4 Å². The van der Waals surface area contributed by atoms with Crippen LogP contribution < -0.4 is 16.4 Å². The molecular weight excluding hydrogens is 242 g/mol. The van der Waals surface area contributed by atoms with Crippen LogP contribution in [0, 0.1) is 0 Å². The van der Waals surface area contributed by atoms with Gasteiger partial charge in [0.25, 0.3) is 5.91 Å². The minimum absolute atomic E-state index is 0.0516. The highest BCUT2D eigenvalue weighted by molar-refractivity contribution is 5.97. The van der Waals surface area contributed by atoms with Gasteiger partial charge in [0.05, 0.1) is 0 Å². The van der Waals surface area contributed by atoms with Gasteiger partial charge in [-0.1, -0.05) is 12.1 Å². The third kappa shape index (κ3) is 4.71. The summed E-state index contributed by atoms with van der Waals surface area (Å²) in [4.78, 5) is 23.6. The Morgan fingerprint density at radius 2 is 1.68 bits per heavy atom. The first-order chi connectivity index (χ1) is 8.93. The van der Waals surface area contributed by atoms with Crippen molar-refractivity contribution in [1.29, 1.82) is 0 Å². The lowest BCUT2D eigenvalue weighted by Gasteiger charge is -2.16. The monoisotopic (exact) mass is 263 g/mol. The van der Waals surface area contributed by atoms with Crippen LogP contribution >= 0.6 is 0 Å². The molecule has 4 N–H and O–H groups in total. The zero-order valence-corrected chi connectivity index (χ0v) is 11.6. The number of carbonyl (C=O) groups is 2. The molecule has 0 saturated carbocycles. The summed E-state index contributed by atoms with van der Waals surface area (Å²) in [6.45, 7) is 5.84. The number of hydrogen-bond acceptors (Lipinski definition) is 3. The molecule has 0 spiro atoms.